The van der Waals surface area contributed by atoms with E-state index in [4.69, 9.17) is 5.73 Å². The number of nitrogens with one attached hydrogen (secondary N) is 5. The summed E-state index contributed by atoms with van der Waals surface area (Å²) < 4.78 is 0. The van der Waals surface area contributed by atoms with Gasteiger partial charge in [-0.3, -0.25) is 14.4 Å². The number of aromatic nitrogens is 3. The van der Waals surface area contributed by atoms with E-state index in [-0.39, 0.29) is 25.7 Å². The summed E-state index contributed by atoms with van der Waals surface area (Å²) in [6.45, 7) is 0. The van der Waals surface area contributed by atoms with Crippen LogP contribution in [0.25, 0.3) is 10.9 Å². The average Bonchev–Trinajstić information content (AvgIpc) is 3.69. The molecule has 0 spiro atoms. The van der Waals surface area contributed by atoms with Crippen molar-refractivity contribution in [3.63, 3.8) is 0 Å². The van der Waals surface area contributed by atoms with E-state index in [1.54, 1.807) is 0 Å². The van der Waals surface area contributed by atoms with Crippen LogP contribution in [0.3, 0.4) is 0 Å². The van der Waals surface area contributed by atoms with Gasteiger partial charge in [0.05, 0.1) is 12.4 Å². The molecule has 0 bridgehead atoms. The Kier molecular flexibility index (Phi) is 11.5. The molecule has 4 aromatic rings. The van der Waals surface area contributed by atoms with Crippen LogP contribution in [0.5, 0.6) is 0 Å². The number of nitrogens with two attached hydrogens (primary N) is 1. The summed E-state index contributed by atoms with van der Waals surface area (Å²) in [4.78, 5) is 62.2. The summed E-state index contributed by atoms with van der Waals surface area (Å²) in [5.74, 6) is -2.44. The topological polar surface area (TPSA) is 195 Å². The maximum atomic E-state index is 13.7. The van der Waals surface area contributed by atoms with E-state index >= 15 is 0 Å². The molecule has 0 fully saturated rings. The molecule has 4 rings (SSSR count). The Bertz CT molecular complexity index is 1540. The number of aromatic amines is 2. The van der Waals surface area contributed by atoms with Gasteiger partial charge < -0.3 is 36.8 Å². The maximum Gasteiger partial charge on any atom is 0.326 e. The number of H-pyrrole nitrogens is 2. The second-order valence-electron chi connectivity index (χ2n) is 10.4. The SMILES string of the molecule is CSCCC(NC(=O)C(Cc1cnc[nH]1)NC(=O)C(Cc1ccccc1)NC(=O)C(N)Cc1c[nH]c2ccccc12)C(=O)O. The number of carbonyl (C=O) groups is 4. The number of fused-ring (bicyclic) bond motifs is 1. The van der Waals surface area contributed by atoms with Crippen LogP contribution in [-0.2, 0) is 38.4 Å². The zero-order valence-corrected chi connectivity index (χ0v) is 25.1. The van der Waals surface area contributed by atoms with Gasteiger partial charge in [0.1, 0.15) is 18.1 Å². The third-order valence-corrected chi connectivity index (χ3v) is 7.85. The molecular formula is C31H37N7O5S. The Labute approximate surface area is 259 Å². The fourth-order valence-electron chi connectivity index (χ4n) is 4.83. The number of hydrogen-bond donors (Lipinski definition) is 7. The van der Waals surface area contributed by atoms with Gasteiger partial charge in [-0.25, -0.2) is 9.78 Å². The summed E-state index contributed by atoms with van der Waals surface area (Å²) in [7, 11) is 0. The molecular weight excluding hydrogens is 582 g/mol. The minimum atomic E-state index is -1.17. The number of thioether (sulfide) groups is 1. The molecule has 13 heteroatoms. The lowest BCUT2D eigenvalue weighted by atomic mass is 10.0. The van der Waals surface area contributed by atoms with Crippen molar-refractivity contribution in [3.05, 3.63) is 90.1 Å². The summed E-state index contributed by atoms with van der Waals surface area (Å²) in [5.41, 5.74) is 9.46. The van der Waals surface area contributed by atoms with Gasteiger partial charge in [-0.05, 0) is 42.0 Å². The first-order valence-electron chi connectivity index (χ1n) is 14.2. The predicted octanol–water partition coefficient (Wildman–Crippen LogP) is 1.54. The highest BCUT2D eigenvalue weighted by Crippen LogP contribution is 2.19. The van der Waals surface area contributed by atoms with Crippen LogP contribution in [0.1, 0.15) is 23.2 Å². The summed E-state index contributed by atoms with van der Waals surface area (Å²) in [6.07, 6.45) is 7.24. The van der Waals surface area contributed by atoms with Gasteiger partial charge in [0.2, 0.25) is 17.7 Å². The van der Waals surface area contributed by atoms with Gasteiger partial charge in [-0.15, -0.1) is 0 Å². The van der Waals surface area contributed by atoms with Gasteiger partial charge in [0.15, 0.2) is 0 Å². The van der Waals surface area contributed by atoms with Crippen molar-refractivity contribution >= 4 is 46.4 Å². The standard InChI is InChI=1S/C31H37N7O5S/c1-44-12-11-25(31(42)43)36-30(41)27(15-21-17-33-18-35-21)38-29(40)26(13-19-7-3-2-4-8-19)37-28(39)23(32)14-20-16-34-24-10-6-5-9-22(20)24/h2-10,16-18,23,25-27,34H,11-15,32H2,1H3,(H,33,35)(H,36,41)(H,37,39)(H,38,40)(H,42,43). The van der Waals surface area contributed by atoms with Crippen molar-refractivity contribution in [1.82, 2.24) is 30.9 Å². The number of nitrogens with zero attached hydrogens (tertiary/aromatic N) is 1. The maximum absolute atomic E-state index is 13.7. The van der Waals surface area contributed by atoms with Gasteiger partial charge in [-0.1, -0.05) is 48.5 Å². The van der Waals surface area contributed by atoms with E-state index in [0.29, 0.717) is 11.4 Å². The molecule has 4 unspecified atom stereocenters. The predicted molar refractivity (Wildman–Crippen MR) is 169 cm³/mol. The van der Waals surface area contributed by atoms with E-state index in [1.165, 1.54) is 24.3 Å². The fraction of sp³-hybridized carbons (Fsp3) is 0.323. The van der Waals surface area contributed by atoms with Crippen LogP contribution < -0.4 is 21.7 Å². The van der Waals surface area contributed by atoms with Crippen molar-refractivity contribution in [3.8, 4) is 0 Å². The molecule has 0 aliphatic rings. The number of para-hydroxylation sites is 1. The third-order valence-electron chi connectivity index (χ3n) is 7.20. The Balaban J connectivity index is 1.51. The number of benzene rings is 2. The molecule has 44 heavy (non-hydrogen) atoms. The average molecular weight is 620 g/mol. The number of carbonyl (C=O) groups excluding carboxylic acids is 3. The smallest absolute Gasteiger partial charge is 0.326 e. The van der Waals surface area contributed by atoms with E-state index in [0.717, 1.165) is 22.0 Å². The van der Waals surface area contributed by atoms with Gasteiger partial charge in [0.25, 0.3) is 0 Å². The third kappa shape index (κ3) is 8.94. The number of aliphatic carboxylic acids is 1. The number of hydrogen-bond acceptors (Lipinski definition) is 7. The van der Waals surface area contributed by atoms with Crippen LogP contribution >= 0.6 is 11.8 Å². The van der Waals surface area contributed by atoms with Crippen LogP contribution in [0.2, 0.25) is 0 Å². The normalized spacial score (nSPS) is 13.9. The summed E-state index contributed by atoms with van der Waals surface area (Å²) in [6, 6.07) is 12.6. The van der Waals surface area contributed by atoms with E-state index in [2.05, 4.69) is 30.9 Å². The molecule has 4 atom stereocenters. The second kappa shape index (κ2) is 15.7. The Hall–Kier alpha value is -4.62. The lowest BCUT2D eigenvalue weighted by Crippen LogP contribution is -2.58. The van der Waals surface area contributed by atoms with E-state index in [9.17, 15) is 24.3 Å². The molecule has 2 heterocycles. The Morgan fingerprint density at radius 3 is 2.20 bits per heavy atom. The van der Waals surface area contributed by atoms with Crippen LogP contribution in [0, 0.1) is 0 Å². The zero-order valence-electron chi connectivity index (χ0n) is 24.3. The van der Waals surface area contributed by atoms with E-state index in [1.807, 2.05) is 67.0 Å². The molecule has 0 aliphatic carbocycles. The fourth-order valence-corrected chi connectivity index (χ4v) is 5.30. The molecule has 8 N–H and O–H groups in total. The molecule has 0 saturated carbocycles. The van der Waals surface area contributed by atoms with Gasteiger partial charge in [0, 0.05) is 41.8 Å². The molecule has 2 aromatic heterocycles. The lowest BCUT2D eigenvalue weighted by molar-refractivity contribution is -0.142. The molecule has 232 valence electrons. The molecule has 0 saturated heterocycles. The van der Waals surface area contributed by atoms with Crippen molar-refractivity contribution in [2.75, 3.05) is 12.0 Å². The number of amides is 3. The first kappa shape index (κ1) is 32.3. The minimum Gasteiger partial charge on any atom is -0.480 e. The van der Waals surface area contributed by atoms with Crippen LogP contribution in [0.4, 0.5) is 0 Å². The first-order chi connectivity index (χ1) is 21.2. The lowest BCUT2D eigenvalue weighted by Gasteiger charge is -2.25. The van der Waals surface area contributed by atoms with Crippen molar-refractivity contribution in [2.45, 2.75) is 49.9 Å². The molecule has 3 amide bonds. The van der Waals surface area contributed by atoms with Crippen LogP contribution in [-0.4, -0.2) is 79.9 Å². The number of imidazole rings is 1. The van der Waals surface area contributed by atoms with Crippen LogP contribution in [0.15, 0.2) is 73.3 Å². The molecule has 12 nitrogen and oxygen atoms in total. The second-order valence-corrected chi connectivity index (χ2v) is 11.4. The quantitative estimate of drug-likeness (QED) is 0.0981. The van der Waals surface area contributed by atoms with E-state index < -0.39 is 47.9 Å². The highest BCUT2D eigenvalue weighted by atomic mass is 32.2. The van der Waals surface area contributed by atoms with Crippen molar-refractivity contribution in [1.29, 1.82) is 0 Å². The molecule has 0 radical (unpaired) electrons. The Morgan fingerprint density at radius 2 is 1.52 bits per heavy atom. The highest BCUT2D eigenvalue weighted by Gasteiger charge is 2.31. The summed E-state index contributed by atoms with van der Waals surface area (Å²) >= 11 is 1.46. The first-order valence-corrected chi connectivity index (χ1v) is 15.6. The number of rotatable bonds is 16. The zero-order chi connectivity index (χ0) is 31.5. The number of carboxylic acids is 1. The summed E-state index contributed by atoms with van der Waals surface area (Å²) in [5, 5.41) is 18.6. The minimum absolute atomic E-state index is 0.0263. The monoisotopic (exact) mass is 619 g/mol. The largest absolute Gasteiger partial charge is 0.480 e. The van der Waals surface area contributed by atoms with Crippen molar-refractivity contribution < 1.29 is 24.3 Å². The number of carboxylic acid groups (broad SMARTS) is 1. The van der Waals surface area contributed by atoms with Gasteiger partial charge in [-0.2, -0.15) is 11.8 Å². The molecule has 2 aromatic carbocycles. The van der Waals surface area contributed by atoms with Crippen molar-refractivity contribution in [2.24, 2.45) is 5.73 Å². The molecule has 0 aliphatic heterocycles. The highest BCUT2D eigenvalue weighted by molar-refractivity contribution is 7.98. The Morgan fingerprint density at radius 1 is 0.864 bits per heavy atom. The van der Waals surface area contributed by atoms with Gasteiger partial charge >= 0.3 is 5.97 Å².